The molecule has 4 saturated heterocycles. The van der Waals surface area contributed by atoms with E-state index in [1.165, 1.54) is 46.7 Å². The number of aromatic nitrogens is 2. The van der Waals surface area contributed by atoms with Crippen LogP contribution < -0.4 is 70.2 Å². The van der Waals surface area contributed by atoms with Crippen molar-refractivity contribution in [3.05, 3.63) is 102 Å². The van der Waals surface area contributed by atoms with Crippen LogP contribution in [0.15, 0.2) is 85.2 Å². The fourth-order valence-corrected chi connectivity index (χ4v) is 17.9. The normalized spacial score (nSPS) is 25.7. The molecule has 0 bridgehead atoms. The Hall–Kier alpha value is -12.4. The van der Waals surface area contributed by atoms with Gasteiger partial charge in [0.1, 0.15) is 78.8 Å². The van der Waals surface area contributed by atoms with Crippen LogP contribution in [-0.4, -0.2) is 295 Å². The number of H-pyrrole nitrogens is 1. The lowest BCUT2D eigenvalue weighted by molar-refractivity contribution is -0.149. The maximum Gasteiger partial charge on any atom is 0.323 e. The van der Waals surface area contributed by atoms with Crippen LogP contribution in [0.3, 0.4) is 0 Å². The number of aliphatic hydroxyl groups is 1. The van der Waals surface area contributed by atoms with Crippen LogP contribution in [0.25, 0.3) is 21.8 Å². The van der Waals surface area contributed by atoms with E-state index in [1.54, 1.807) is 79.0 Å². The van der Waals surface area contributed by atoms with E-state index in [0.29, 0.717) is 82.8 Å². The molecule has 0 spiro atoms. The Labute approximate surface area is 766 Å². The minimum absolute atomic E-state index is 0.00971. The average Bonchev–Trinajstić information content (AvgIpc) is 1.66. The number of likely N-dealkylation sites (N-methyl/N-ethyl adjacent to an activating group) is 2. The number of piperidine rings is 1. The third-order valence-corrected chi connectivity index (χ3v) is 25.0. The van der Waals surface area contributed by atoms with Crippen molar-refractivity contribution in [3.8, 4) is 5.75 Å². The number of para-hydroxylation sites is 2. The molecule has 2 aromatic heterocycles. The number of carboxylic acids is 2. The summed E-state index contributed by atoms with van der Waals surface area (Å²) in [6, 6.07) is 1.36. The number of nitrogens with two attached hydrogens (primary N) is 4. The highest BCUT2D eigenvalue weighted by Gasteiger charge is 2.47. The van der Waals surface area contributed by atoms with Crippen molar-refractivity contribution in [2.24, 2.45) is 34.8 Å². The van der Waals surface area contributed by atoms with Gasteiger partial charge in [-0.3, -0.25) is 81.5 Å². The summed E-state index contributed by atoms with van der Waals surface area (Å²) in [6.07, 6.45) is 0.696. The van der Waals surface area contributed by atoms with E-state index in [9.17, 15) is 58.5 Å². The van der Waals surface area contributed by atoms with Gasteiger partial charge in [-0.1, -0.05) is 102 Å². The summed E-state index contributed by atoms with van der Waals surface area (Å²) in [4.78, 5) is 257. The molecule has 0 saturated carbocycles. The number of fused-ring (bicyclic) bond motifs is 5. The van der Waals surface area contributed by atoms with Crippen LogP contribution in [0.4, 0.5) is 0 Å². The molecule has 15 atom stereocenters. The Morgan fingerprint density at radius 1 is 0.538 bits per heavy atom. The van der Waals surface area contributed by atoms with E-state index < -0.39 is 243 Å². The summed E-state index contributed by atoms with van der Waals surface area (Å²) in [5.74, 6) is -16.7. The van der Waals surface area contributed by atoms with Crippen molar-refractivity contribution in [1.82, 2.24) is 76.6 Å². The molecule has 9 rings (SSSR count). The highest BCUT2D eigenvalue weighted by molar-refractivity contribution is 6.02. The highest BCUT2D eigenvalue weighted by atomic mass is 16.5. The number of nitrogens with zero attached hydrogens (tertiary/aromatic N) is 6. The predicted molar refractivity (Wildman–Crippen MR) is 484 cm³/mol. The number of primary amides is 1. The van der Waals surface area contributed by atoms with Crippen LogP contribution in [0, 0.1) is 11.8 Å². The Kier molecular flexibility index (Phi) is 38.5. The second-order valence-electron chi connectivity index (χ2n) is 35.2. The molecule has 0 radical (unpaired) electrons. The summed E-state index contributed by atoms with van der Waals surface area (Å²) in [5.41, 5.74) is 27.4. The molecular formula is C92H131N19O21. The van der Waals surface area contributed by atoms with Gasteiger partial charge in [-0.2, -0.15) is 0 Å². The van der Waals surface area contributed by atoms with Crippen molar-refractivity contribution in [2.45, 2.75) is 267 Å². The van der Waals surface area contributed by atoms with Crippen LogP contribution in [-0.2, 0) is 107 Å². The molecule has 14 amide bonds. The molecular weight excluding hydrogens is 1710 g/mol. The molecule has 40 nitrogen and oxygen atoms in total. The van der Waals surface area contributed by atoms with Crippen LogP contribution >= 0.6 is 0 Å². The Balaban J connectivity index is 1.09. The minimum Gasteiger partial charge on any atom is -0.497 e. The molecule has 720 valence electrons. The first kappa shape index (κ1) is 103. The number of amides is 14. The van der Waals surface area contributed by atoms with Gasteiger partial charge in [0.05, 0.1) is 31.7 Å². The Morgan fingerprint density at radius 2 is 1.11 bits per heavy atom. The van der Waals surface area contributed by atoms with Crippen molar-refractivity contribution >= 4 is 122 Å². The summed E-state index contributed by atoms with van der Waals surface area (Å²) in [7, 11) is 4.26. The van der Waals surface area contributed by atoms with E-state index in [-0.39, 0.29) is 109 Å². The number of ketones is 1. The quantitative estimate of drug-likeness (QED) is 0.0363. The number of nitrogens with one attached hydrogen (secondary N) is 9. The molecule has 4 fully saturated rings. The number of carbonyl (C=O) groups is 17. The van der Waals surface area contributed by atoms with Gasteiger partial charge >= 0.3 is 11.9 Å². The first-order chi connectivity index (χ1) is 63.0. The number of rotatable bonds is 25. The molecule has 0 aliphatic carbocycles. The van der Waals surface area contributed by atoms with Gasteiger partial charge in [0.25, 0.3) is 0 Å². The number of unbranched alkanes of at least 4 members (excludes halogenated alkanes) is 2. The number of aliphatic carboxylic acids is 2. The van der Waals surface area contributed by atoms with Crippen molar-refractivity contribution in [1.29, 1.82) is 0 Å². The van der Waals surface area contributed by atoms with E-state index in [2.05, 4.69) is 47.5 Å². The number of aromatic amines is 1. The smallest absolute Gasteiger partial charge is 0.323 e. The maximum absolute atomic E-state index is 15.9. The number of Topliss-reactive ketones (excluding diaryl/α,β-unsaturated/α-hetero) is 1. The standard InChI is InChI=1S/C92H131N19O21/c1-8-10-24-71-85(124)101-65(40-52(3)4)82(121)97-37-18-22-61(95)81(120)102-66(41-53-29-31-58(132-7)32-30-53)90(129)109-38-17-16-27-72(109)86(125)104-68(46-77(96)114)91(130)110-39-19-28-73(110)87(126)105-69(47-94)84(123)100-64(33-34-78(115)116)89(128)111-50-57(112)45-75(111)76(113)44-54(42-55-48-98-62-23-14-12-20-59(55)62)80(119)99-63(35-36-93)83(122)103-67(88(127)107(6)74(25-11-9-2)92(131)106(71)5)43-56-49-108(51-79(117)118)70-26-15-13-21-60(56)70/h12-15,20-21,23,26,29-32,48-49,52,54,57,61,63-69,71-75,98,112H,8-11,16-19,22,24-25,27-28,33-47,50-51,93-95H2,1-7H3,(H2,96,114)(H,97,121)(H,99,119)(H,100,123)(H,101,124)(H,102,120)(H,103,122)(H,104,125)(H,105,126)(H,115,116)(H,117,118)/t54-,57-,61-,63+,64+,65+,66+,67+,68+,69+,71+,72+,73+,74+,75+/m1/s1. The zero-order chi connectivity index (χ0) is 96.3. The fraction of sp³-hybridized carbons (Fsp3) is 0.576. The van der Waals surface area contributed by atoms with Crippen LogP contribution in [0.2, 0.25) is 0 Å². The largest absolute Gasteiger partial charge is 0.497 e. The minimum atomic E-state index is -1.80. The zero-order valence-corrected chi connectivity index (χ0v) is 76.2. The van der Waals surface area contributed by atoms with Gasteiger partial charge in [-0.15, -0.1) is 0 Å². The number of carbonyl (C=O) groups excluding carboxylic acids is 15. The molecule has 4 aliphatic rings. The monoisotopic (exact) mass is 1840 g/mol. The lowest BCUT2D eigenvalue weighted by Gasteiger charge is -2.38. The Bertz CT molecular complexity index is 4940. The first-order valence-corrected chi connectivity index (χ1v) is 45.7. The SMILES string of the molecule is CCCC[C@H]1C(=O)N(C)[C@@H](CCCC)C(=O)N[C@@H](CC(C)C)C(=O)NCCC[C@@H](N)C(=O)N[C@@H](Cc2ccc(OC)cc2)C(=O)N2CCCC[C@H]2C(=O)N[C@@H](CC(N)=O)C(=O)N2CCC[C@H]2C(=O)N[C@@H](CN)C(=O)N[C@@H](CCC(=O)O)C(=O)N2C[C@H](O)C[C@H]2C(=O)C[C@@H](Cc2c[nH]c3ccccc23)C(=O)N[C@@H](CCN)C(=O)N[C@@H](Cc2cn(CC(=O)O)c3ccccc23)C(=O)N1C. The lowest BCUT2D eigenvalue weighted by atomic mass is 9.90. The summed E-state index contributed by atoms with van der Waals surface area (Å²) >= 11 is 0. The molecule has 3 aromatic carbocycles. The van der Waals surface area contributed by atoms with Gasteiger partial charge in [-0.25, -0.2) is 0 Å². The van der Waals surface area contributed by atoms with E-state index >= 15 is 38.4 Å². The summed E-state index contributed by atoms with van der Waals surface area (Å²) < 4.78 is 6.83. The summed E-state index contributed by atoms with van der Waals surface area (Å²) in [5, 5.41) is 54.5. The average molecular weight is 1840 g/mol. The van der Waals surface area contributed by atoms with Gasteiger partial charge in [0.2, 0.25) is 82.7 Å². The highest BCUT2D eigenvalue weighted by Crippen LogP contribution is 2.31. The van der Waals surface area contributed by atoms with Gasteiger partial charge < -0.3 is 120 Å². The van der Waals surface area contributed by atoms with Crippen molar-refractivity contribution < 1.29 is 102 Å². The second-order valence-corrected chi connectivity index (χ2v) is 35.2. The summed E-state index contributed by atoms with van der Waals surface area (Å²) in [6.45, 7) is 5.29. The number of hydrogen-bond acceptors (Lipinski definition) is 22. The molecule has 0 unspecified atom stereocenters. The Morgan fingerprint density at radius 3 is 1.76 bits per heavy atom. The van der Waals surface area contributed by atoms with Gasteiger partial charge in [-0.05, 0) is 137 Å². The number of methoxy groups -OCH3 is 1. The molecule has 20 N–H and O–H groups in total. The van der Waals surface area contributed by atoms with E-state index in [0.717, 1.165) is 9.80 Å². The van der Waals surface area contributed by atoms with E-state index in [1.807, 2.05) is 27.7 Å². The molecule has 132 heavy (non-hydrogen) atoms. The lowest BCUT2D eigenvalue weighted by Crippen LogP contribution is -2.62. The van der Waals surface area contributed by atoms with Crippen molar-refractivity contribution in [2.75, 3.05) is 60.5 Å². The third kappa shape index (κ3) is 27.6. The molecule has 6 heterocycles. The molecule has 4 aliphatic heterocycles. The maximum atomic E-state index is 15.9. The van der Waals surface area contributed by atoms with Gasteiger partial charge in [0, 0.05) is 119 Å². The number of aliphatic hydroxyl groups excluding tert-OH is 1. The predicted octanol–water partition coefficient (Wildman–Crippen LogP) is -0.0879. The topological polar surface area (TPSA) is 597 Å². The number of ether oxygens (including phenoxy) is 1. The van der Waals surface area contributed by atoms with E-state index in [4.69, 9.17) is 27.7 Å². The van der Waals surface area contributed by atoms with Crippen molar-refractivity contribution in [3.63, 3.8) is 0 Å². The number of benzene rings is 3. The van der Waals surface area contributed by atoms with Gasteiger partial charge in [0.15, 0.2) is 5.78 Å². The van der Waals surface area contributed by atoms with Crippen LogP contribution in [0.5, 0.6) is 5.75 Å². The molecule has 5 aromatic rings. The molecule has 40 heteroatoms. The second kappa shape index (κ2) is 49.2. The zero-order valence-electron chi connectivity index (χ0n) is 76.2. The number of hydrogen-bond donors (Lipinski definition) is 16. The number of carboxylic acid groups (broad SMARTS) is 2. The third-order valence-electron chi connectivity index (χ3n) is 25.0. The van der Waals surface area contributed by atoms with Crippen LogP contribution in [0.1, 0.15) is 173 Å². The fourth-order valence-electron chi connectivity index (χ4n) is 17.9. The first-order valence-electron chi connectivity index (χ1n) is 45.7.